The predicted octanol–water partition coefficient (Wildman–Crippen LogP) is 6.56. The third-order valence-electron chi connectivity index (χ3n) is 7.54. The van der Waals surface area contributed by atoms with Gasteiger partial charge in [0.2, 0.25) is 11.8 Å². The Morgan fingerprint density at radius 3 is 2.16 bits per heavy atom. The third kappa shape index (κ3) is 8.96. The van der Waals surface area contributed by atoms with Crippen molar-refractivity contribution in [1.29, 1.82) is 0 Å². The van der Waals surface area contributed by atoms with Gasteiger partial charge in [-0.2, -0.15) is 0 Å². The number of amides is 2. The predicted molar refractivity (Wildman–Crippen MR) is 181 cm³/mol. The summed E-state index contributed by atoms with van der Waals surface area (Å²) in [6, 6.07) is 29.1. The number of anilines is 1. The van der Waals surface area contributed by atoms with Gasteiger partial charge in [-0.15, -0.1) is 0 Å². The molecule has 0 fully saturated rings. The minimum Gasteiger partial charge on any atom is -0.354 e. The first kappa shape index (κ1) is 33.7. The van der Waals surface area contributed by atoms with E-state index in [9.17, 15) is 18.0 Å². The average molecular weight is 646 g/mol. The maximum Gasteiger partial charge on any atom is 0.264 e. The molecule has 1 atom stereocenters. The lowest BCUT2D eigenvalue weighted by Gasteiger charge is -2.34. The van der Waals surface area contributed by atoms with Crippen LogP contribution in [-0.2, 0) is 32.6 Å². The van der Waals surface area contributed by atoms with E-state index >= 15 is 0 Å². The first-order valence-electron chi connectivity index (χ1n) is 15.0. The molecule has 1 unspecified atom stereocenters. The molecule has 0 aliphatic heterocycles. The normalized spacial score (nSPS) is 12.0. The molecule has 45 heavy (non-hydrogen) atoms. The summed E-state index contributed by atoms with van der Waals surface area (Å²) in [5.74, 6) is -0.621. The number of aryl methyl sites for hydroxylation is 2. The average Bonchev–Trinajstić information content (AvgIpc) is 3.01. The molecule has 0 aliphatic rings. The van der Waals surface area contributed by atoms with Crippen LogP contribution in [0.2, 0.25) is 5.02 Å². The van der Waals surface area contributed by atoms with Crippen molar-refractivity contribution in [3.05, 3.63) is 130 Å². The molecule has 236 valence electrons. The van der Waals surface area contributed by atoms with Crippen molar-refractivity contribution < 1.29 is 18.0 Å². The first-order valence-corrected chi connectivity index (χ1v) is 16.8. The summed E-state index contributed by atoms with van der Waals surface area (Å²) in [6.45, 7) is 7.84. The van der Waals surface area contributed by atoms with E-state index in [0.29, 0.717) is 11.6 Å². The van der Waals surface area contributed by atoms with E-state index in [-0.39, 0.29) is 35.4 Å². The lowest BCUT2D eigenvalue weighted by Crippen LogP contribution is -2.53. The summed E-state index contributed by atoms with van der Waals surface area (Å²) in [5.41, 5.74) is 3.84. The maximum atomic E-state index is 14.5. The van der Waals surface area contributed by atoms with Crippen LogP contribution in [0, 0.1) is 19.8 Å². The lowest BCUT2D eigenvalue weighted by molar-refractivity contribution is -0.140. The topological polar surface area (TPSA) is 86.8 Å². The van der Waals surface area contributed by atoms with Crippen molar-refractivity contribution in [1.82, 2.24) is 10.2 Å². The van der Waals surface area contributed by atoms with Gasteiger partial charge < -0.3 is 10.2 Å². The third-order valence-corrected chi connectivity index (χ3v) is 9.56. The van der Waals surface area contributed by atoms with E-state index < -0.39 is 28.5 Å². The van der Waals surface area contributed by atoms with Gasteiger partial charge in [-0.25, -0.2) is 8.42 Å². The van der Waals surface area contributed by atoms with E-state index in [4.69, 9.17) is 11.6 Å². The molecule has 1 N–H and O–H groups in total. The van der Waals surface area contributed by atoms with E-state index in [1.165, 1.54) is 23.1 Å². The van der Waals surface area contributed by atoms with Gasteiger partial charge in [0.25, 0.3) is 10.0 Å². The van der Waals surface area contributed by atoms with Crippen LogP contribution in [0.1, 0.15) is 36.1 Å². The Balaban J connectivity index is 1.81. The number of nitrogens with one attached hydrogen (secondary N) is 1. The zero-order chi connectivity index (χ0) is 32.6. The molecular weight excluding hydrogens is 606 g/mol. The van der Waals surface area contributed by atoms with Crippen LogP contribution in [0.4, 0.5) is 5.69 Å². The molecule has 0 aliphatic carbocycles. The SMILES string of the molecule is Cc1ccc(S(=O)(=O)N(CC(=O)N(Cc2ccccc2C)C(Cc2ccccc2)C(=O)NCC(C)C)c2cccc(Cl)c2)cc1. The fourth-order valence-electron chi connectivity index (χ4n) is 4.94. The summed E-state index contributed by atoms with van der Waals surface area (Å²) >= 11 is 6.30. The smallest absolute Gasteiger partial charge is 0.264 e. The highest BCUT2D eigenvalue weighted by atomic mass is 35.5. The van der Waals surface area contributed by atoms with Gasteiger partial charge in [0.05, 0.1) is 10.6 Å². The van der Waals surface area contributed by atoms with Gasteiger partial charge in [0.1, 0.15) is 12.6 Å². The summed E-state index contributed by atoms with van der Waals surface area (Å²) < 4.78 is 29.3. The molecule has 4 aromatic carbocycles. The second kappa shape index (κ2) is 15.2. The fourth-order valence-corrected chi connectivity index (χ4v) is 6.54. The highest BCUT2D eigenvalue weighted by molar-refractivity contribution is 7.92. The molecule has 0 heterocycles. The van der Waals surface area contributed by atoms with Crippen molar-refractivity contribution in [3.8, 4) is 0 Å². The van der Waals surface area contributed by atoms with Gasteiger partial charge in [-0.1, -0.05) is 104 Å². The monoisotopic (exact) mass is 645 g/mol. The van der Waals surface area contributed by atoms with Gasteiger partial charge in [0.15, 0.2) is 0 Å². The van der Waals surface area contributed by atoms with Gasteiger partial charge in [-0.3, -0.25) is 13.9 Å². The Labute approximate surface area is 271 Å². The Hall–Kier alpha value is -4.14. The van der Waals surface area contributed by atoms with Crippen LogP contribution in [-0.4, -0.2) is 44.3 Å². The molecule has 0 saturated heterocycles. The Morgan fingerprint density at radius 2 is 1.51 bits per heavy atom. The highest BCUT2D eigenvalue weighted by Gasteiger charge is 2.35. The maximum absolute atomic E-state index is 14.5. The van der Waals surface area contributed by atoms with E-state index in [1.54, 1.807) is 30.3 Å². The quantitative estimate of drug-likeness (QED) is 0.178. The zero-order valence-electron chi connectivity index (χ0n) is 26.1. The molecule has 4 rings (SSSR count). The minimum atomic E-state index is -4.20. The summed E-state index contributed by atoms with van der Waals surface area (Å²) in [7, 11) is -4.20. The van der Waals surface area contributed by atoms with E-state index in [2.05, 4.69) is 5.32 Å². The van der Waals surface area contributed by atoms with Gasteiger partial charge >= 0.3 is 0 Å². The standard InChI is InChI=1S/C36H40ClN3O4S/c1-26(2)23-38-36(42)34(21-29-12-6-5-7-13-29)39(24-30-14-9-8-11-28(30)4)35(41)25-40(32-16-10-15-31(37)22-32)45(43,44)33-19-17-27(3)18-20-33/h5-20,22,26,34H,21,23-25H2,1-4H3,(H,38,42). The lowest BCUT2D eigenvalue weighted by atomic mass is 10.0. The second-order valence-corrected chi connectivity index (χ2v) is 13.9. The van der Waals surface area contributed by atoms with Crippen molar-refractivity contribution >= 4 is 39.1 Å². The van der Waals surface area contributed by atoms with Crippen molar-refractivity contribution in [2.45, 2.75) is 51.6 Å². The molecule has 0 radical (unpaired) electrons. The van der Waals surface area contributed by atoms with E-state index in [0.717, 1.165) is 26.6 Å². The molecule has 4 aromatic rings. The largest absolute Gasteiger partial charge is 0.354 e. The number of carbonyl (C=O) groups excluding carboxylic acids is 2. The molecule has 0 spiro atoms. The summed E-state index contributed by atoms with van der Waals surface area (Å²) in [6.07, 6.45) is 0.254. The molecule has 0 saturated carbocycles. The number of benzene rings is 4. The fraction of sp³-hybridized carbons (Fsp3) is 0.278. The number of rotatable bonds is 13. The molecule has 0 aromatic heterocycles. The Bertz CT molecular complexity index is 1710. The van der Waals surface area contributed by atoms with Crippen LogP contribution >= 0.6 is 11.6 Å². The van der Waals surface area contributed by atoms with E-state index in [1.807, 2.05) is 82.3 Å². The van der Waals surface area contributed by atoms with Crippen molar-refractivity contribution in [3.63, 3.8) is 0 Å². The number of nitrogens with zero attached hydrogens (tertiary/aromatic N) is 2. The van der Waals surface area contributed by atoms with Crippen LogP contribution in [0.5, 0.6) is 0 Å². The summed E-state index contributed by atoms with van der Waals surface area (Å²) in [5, 5.41) is 3.34. The van der Waals surface area contributed by atoms with Crippen molar-refractivity contribution in [2.75, 3.05) is 17.4 Å². The van der Waals surface area contributed by atoms with Crippen LogP contribution in [0.3, 0.4) is 0 Å². The van der Waals surface area contributed by atoms with Crippen LogP contribution in [0.25, 0.3) is 0 Å². The molecular formula is C36H40ClN3O4S. The Morgan fingerprint density at radius 1 is 0.844 bits per heavy atom. The van der Waals surface area contributed by atoms with Crippen LogP contribution < -0.4 is 9.62 Å². The molecule has 2 amide bonds. The number of carbonyl (C=O) groups is 2. The highest BCUT2D eigenvalue weighted by Crippen LogP contribution is 2.27. The molecule has 7 nitrogen and oxygen atoms in total. The summed E-state index contributed by atoms with van der Waals surface area (Å²) in [4.78, 5) is 30.0. The first-order chi connectivity index (χ1) is 21.5. The second-order valence-electron chi connectivity index (χ2n) is 11.6. The Kier molecular flexibility index (Phi) is 11.4. The molecule has 0 bridgehead atoms. The number of hydrogen-bond acceptors (Lipinski definition) is 4. The minimum absolute atomic E-state index is 0.0434. The number of hydrogen-bond donors (Lipinski definition) is 1. The number of halogens is 1. The van der Waals surface area contributed by atoms with Crippen molar-refractivity contribution in [2.24, 2.45) is 5.92 Å². The zero-order valence-corrected chi connectivity index (χ0v) is 27.7. The van der Waals surface area contributed by atoms with Crippen LogP contribution in [0.15, 0.2) is 108 Å². The van der Waals surface area contributed by atoms with Gasteiger partial charge in [-0.05, 0) is 66.8 Å². The number of sulfonamides is 1. The van der Waals surface area contributed by atoms with Gasteiger partial charge in [0, 0.05) is 24.5 Å². The molecule has 9 heteroatoms.